The van der Waals surface area contributed by atoms with Crippen LogP contribution in [0.5, 0.6) is 0 Å². The zero-order valence-electron chi connectivity index (χ0n) is 20.8. The van der Waals surface area contributed by atoms with Crippen LogP contribution in [0.3, 0.4) is 0 Å². The molecule has 0 aliphatic carbocycles. The SMILES string of the molecule is CC(C)(C)OC(=O)NCC(O[Si](C)(C)C(C)(C)C)c1nnc([C@@H]2CC[C@@H]3CN2C(=O)N3O)o1. The molecule has 2 saturated heterocycles. The van der Waals surface area contributed by atoms with Crippen molar-refractivity contribution in [3.8, 4) is 0 Å². The summed E-state index contributed by atoms with van der Waals surface area (Å²) < 4.78 is 17.9. The number of amides is 3. The number of hydrogen-bond donors (Lipinski definition) is 2. The lowest BCUT2D eigenvalue weighted by molar-refractivity contribution is -0.0584. The number of nitrogens with zero attached hydrogens (tertiary/aromatic N) is 4. The highest BCUT2D eigenvalue weighted by molar-refractivity contribution is 6.74. The van der Waals surface area contributed by atoms with E-state index in [-0.39, 0.29) is 23.5 Å². The highest BCUT2D eigenvalue weighted by atomic mass is 28.4. The van der Waals surface area contributed by atoms with Crippen LogP contribution in [0.1, 0.15) is 78.3 Å². The molecule has 1 aromatic rings. The first kappa shape index (κ1) is 25.4. The molecule has 11 nitrogen and oxygen atoms in total. The molecule has 12 heteroatoms. The average molecular weight is 484 g/mol. The molecule has 3 rings (SSSR count). The molecule has 2 fully saturated rings. The summed E-state index contributed by atoms with van der Waals surface area (Å²) in [5.41, 5.74) is -0.626. The normalized spacial score (nSPS) is 22.5. The molecule has 2 N–H and O–H groups in total. The van der Waals surface area contributed by atoms with Gasteiger partial charge in [0.2, 0.25) is 11.8 Å². The van der Waals surface area contributed by atoms with Gasteiger partial charge in [0.25, 0.3) is 0 Å². The number of piperidine rings is 1. The number of rotatable bonds is 6. The number of aromatic nitrogens is 2. The molecule has 3 atom stereocenters. The summed E-state index contributed by atoms with van der Waals surface area (Å²) in [6, 6.07) is -1.06. The lowest BCUT2D eigenvalue weighted by atomic mass is 10.0. The lowest BCUT2D eigenvalue weighted by Crippen LogP contribution is -2.44. The molecule has 3 amide bonds. The summed E-state index contributed by atoms with van der Waals surface area (Å²) >= 11 is 0. The molecule has 1 aromatic heterocycles. The van der Waals surface area contributed by atoms with Crippen molar-refractivity contribution in [3.05, 3.63) is 11.8 Å². The van der Waals surface area contributed by atoms with Crippen LogP contribution < -0.4 is 5.32 Å². The minimum atomic E-state index is -2.26. The van der Waals surface area contributed by atoms with E-state index in [9.17, 15) is 14.8 Å². The fourth-order valence-corrected chi connectivity index (χ4v) is 4.87. The third-order valence-electron chi connectivity index (χ3n) is 6.44. The van der Waals surface area contributed by atoms with Gasteiger partial charge in [0.1, 0.15) is 17.7 Å². The quantitative estimate of drug-likeness (QED) is 0.459. The van der Waals surface area contributed by atoms with Crippen molar-refractivity contribution in [1.82, 2.24) is 25.5 Å². The van der Waals surface area contributed by atoms with Crippen molar-refractivity contribution in [2.75, 3.05) is 13.1 Å². The van der Waals surface area contributed by atoms with Gasteiger partial charge in [-0.15, -0.1) is 10.2 Å². The van der Waals surface area contributed by atoms with E-state index in [1.165, 1.54) is 0 Å². The zero-order chi connectivity index (χ0) is 24.8. The van der Waals surface area contributed by atoms with Crippen LogP contribution in [0.4, 0.5) is 9.59 Å². The predicted molar refractivity (Wildman–Crippen MR) is 121 cm³/mol. The Hall–Kier alpha value is -2.18. The Balaban J connectivity index is 1.79. The number of nitrogens with one attached hydrogen (secondary N) is 1. The molecule has 0 aromatic carbocycles. The Kier molecular flexibility index (Phi) is 6.84. The second kappa shape index (κ2) is 8.88. The third-order valence-corrected chi connectivity index (χ3v) is 10.9. The van der Waals surface area contributed by atoms with Crippen molar-refractivity contribution >= 4 is 20.4 Å². The maximum atomic E-state index is 12.3. The highest BCUT2D eigenvalue weighted by Crippen LogP contribution is 2.41. The number of alkyl carbamates (subject to hydrolysis) is 1. The van der Waals surface area contributed by atoms with E-state index >= 15 is 0 Å². The second-order valence-electron chi connectivity index (χ2n) is 11.3. The zero-order valence-corrected chi connectivity index (χ0v) is 21.8. The Labute approximate surface area is 195 Å². The van der Waals surface area contributed by atoms with Gasteiger partial charge in [-0.3, -0.25) is 5.21 Å². The standard InChI is InChI=1S/C21H37N5O6Si/c1-20(2,3)31-18(27)22-11-15(32-33(7,8)21(4,5)6)17-24-23-16(30-17)14-10-9-13-12-25(14)19(28)26(13)29/h13-15,29H,9-12H2,1-8H3,(H,22,27)/t13-,14+,15?/m1/s1. The van der Waals surface area contributed by atoms with Crippen LogP contribution in [0.25, 0.3) is 0 Å². The van der Waals surface area contributed by atoms with Crippen molar-refractivity contribution in [3.63, 3.8) is 0 Å². The molecule has 1 unspecified atom stereocenters. The van der Waals surface area contributed by atoms with Crippen LogP contribution in [-0.4, -0.2) is 70.5 Å². The van der Waals surface area contributed by atoms with Gasteiger partial charge in [0.05, 0.1) is 12.6 Å². The average Bonchev–Trinajstić information content (AvgIpc) is 3.24. The largest absolute Gasteiger partial charge is 0.444 e. The minimum absolute atomic E-state index is 0.0784. The van der Waals surface area contributed by atoms with Gasteiger partial charge in [-0.1, -0.05) is 20.8 Å². The molecule has 2 aliphatic rings. The number of hydrogen-bond acceptors (Lipinski definition) is 8. The summed E-state index contributed by atoms with van der Waals surface area (Å²) in [5.74, 6) is 0.536. The first-order chi connectivity index (χ1) is 15.1. The number of ether oxygens (including phenoxy) is 1. The summed E-state index contributed by atoms with van der Waals surface area (Å²) in [7, 11) is -2.26. The van der Waals surface area contributed by atoms with Crippen LogP contribution in [0.2, 0.25) is 18.1 Å². The monoisotopic (exact) mass is 483 g/mol. The molecule has 186 valence electrons. The van der Waals surface area contributed by atoms with E-state index in [0.717, 1.165) is 5.06 Å². The van der Waals surface area contributed by atoms with E-state index in [2.05, 4.69) is 49.4 Å². The number of urea groups is 1. The van der Waals surface area contributed by atoms with Crippen LogP contribution in [0, 0.1) is 0 Å². The lowest BCUT2D eigenvalue weighted by Gasteiger charge is -2.38. The highest BCUT2D eigenvalue weighted by Gasteiger charge is 2.47. The van der Waals surface area contributed by atoms with Gasteiger partial charge in [-0.05, 0) is 51.7 Å². The molecule has 3 heterocycles. The van der Waals surface area contributed by atoms with Gasteiger partial charge < -0.3 is 23.8 Å². The van der Waals surface area contributed by atoms with Crippen molar-refractivity contribution in [2.24, 2.45) is 0 Å². The van der Waals surface area contributed by atoms with Gasteiger partial charge >= 0.3 is 12.1 Å². The van der Waals surface area contributed by atoms with Gasteiger partial charge in [0, 0.05) is 6.54 Å². The summed E-state index contributed by atoms with van der Waals surface area (Å²) in [4.78, 5) is 26.1. The summed E-state index contributed by atoms with van der Waals surface area (Å²) in [6.45, 7) is 16.5. The first-order valence-electron chi connectivity index (χ1n) is 11.4. The molecule has 2 aliphatic heterocycles. The minimum Gasteiger partial charge on any atom is -0.444 e. The molecular weight excluding hydrogens is 446 g/mol. The maximum absolute atomic E-state index is 12.3. The Morgan fingerprint density at radius 3 is 2.52 bits per heavy atom. The maximum Gasteiger partial charge on any atom is 0.407 e. The Morgan fingerprint density at radius 2 is 1.91 bits per heavy atom. The molecule has 2 bridgehead atoms. The van der Waals surface area contributed by atoms with E-state index < -0.39 is 38.2 Å². The smallest absolute Gasteiger partial charge is 0.407 e. The summed E-state index contributed by atoms with van der Waals surface area (Å²) in [5, 5.41) is 21.8. The number of carbonyl (C=O) groups is 2. The van der Waals surface area contributed by atoms with Crippen molar-refractivity contribution < 1.29 is 28.4 Å². The summed E-state index contributed by atoms with van der Waals surface area (Å²) in [6.07, 6.45) is 0.0271. The van der Waals surface area contributed by atoms with Crippen molar-refractivity contribution in [1.29, 1.82) is 0 Å². The van der Waals surface area contributed by atoms with E-state index in [1.807, 2.05) is 0 Å². The molecular formula is C21H37N5O6Si. The van der Waals surface area contributed by atoms with Crippen LogP contribution in [0.15, 0.2) is 4.42 Å². The number of fused-ring (bicyclic) bond motifs is 2. The fraction of sp³-hybridized carbons (Fsp3) is 0.810. The predicted octanol–water partition coefficient (Wildman–Crippen LogP) is 3.99. The molecule has 0 saturated carbocycles. The molecule has 0 radical (unpaired) electrons. The van der Waals surface area contributed by atoms with Crippen LogP contribution in [-0.2, 0) is 9.16 Å². The fourth-order valence-electron chi connectivity index (χ4n) is 3.62. The first-order valence-corrected chi connectivity index (χ1v) is 14.3. The van der Waals surface area contributed by atoms with Crippen molar-refractivity contribution in [2.45, 2.75) is 96.3 Å². The van der Waals surface area contributed by atoms with Crippen LogP contribution >= 0.6 is 0 Å². The topological polar surface area (TPSA) is 130 Å². The third kappa shape index (κ3) is 5.67. The number of hydroxylamine groups is 2. The van der Waals surface area contributed by atoms with Gasteiger partial charge in [-0.25, -0.2) is 14.7 Å². The second-order valence-corrected chi connectivity index (χ2v) is 16.0. The molecule has 0 spiro atoms. The number of carbonyl (C=O) groups excluding carboxylic acids is 2. The Bertz CT molecular complexity index is 877. The van der Waals surface area contributed by atoms with E-state index in [0.29, 0.717) is 25.3 Å². The Morgan fingerprint density at radius 1 is 1.24 bits per heavy atom. The van der Waals surface area contributed by atoms with Gasteiger partial charge in [0.15, 0.2) is 8.32 Å². The molecule has 33 heavy (non-hydrogen) atoms. The van der Waals surface area contributed by atoms with E-state index in [4.69, 9.17) is 13.6 Å². The van der Waals surface area contributed by atoms with E-state index in [1.54, 1.807) is 25.7 Å². The van der Waals surface area contributed by atoms with Gasteiger partial charge in [-0.2, -0.15) is 0 Å².